The van der Waals surface area contributed by atoms with Gasteiger partial charge < -0.3 is 0 Å². The fraction of sp³-hybridized carbons (Fsp3) is 0.273. The molecular formula is C44H47P3. The van der Waals surface area contributed by atoms with Crippen molar-refractivity contribution in [1.82, 2.24) is 0 Å². The predicted octanol–water partition coefficient (Wildman–Crippen LogP) is 11.3. The molecule has 0 unspecified atom stereocenters. The number of hydrogen-bond donors (Lipinski definition) is 0. The summed E-state index contributed by atoms with van der Waals surface area (Å²) in [4.78, 5) is 0. The zero-order valence-electron chi connectivity index (χ0n) is 27.9. The van der Waals surface area contributed by atoms with Crippen molar-refractivity contribution >= 4 is 45.0 Å². The summed E-state index contributed by atoms with van der Waals surface area (Å²) in [7, 11) is -1.46. The number of rotatable bonds is 11. The zero-order chi connectivity index (χ0) is 32.0. The molecule has 0 nitrogen and oxygen atoms in total. The van der Waals surface area contributed by atoms with Gasteiger partial charge in [0.2, 0.25) is 0 Å². The Labute approximate surface area is 287 Å². The second kappa shape index (κ2) is 15.6. The van der Waals surface area contributed by atoms with Gasteiger partial charge >= 0.3 is 0 Å². The van der Waals surface area contributed by atoms with Gasteiger partial charge in [0, 0.05) is 0 Å². The largest absolute Gasteiger partial charge is 0.0893 e. The molecule has 7 rings (SSSR count). The van der Waals surface area contributed by atoms with Gasteiger partial charge in [-0.3, -0.25) is 0 Å². The summed E-state index contributed by atoms with van der Waals surface area (Å²) >= 11 is 0. The summed E-state index contributed by atoms with van der Waals surface area (Å²) in [5.74, 6) is 0. The van der Waals surface area contributed by atoms with Gasteiger partial charge in [-0.05, 0) is 90.3 Å². The van der Waals surface area contributed by atoms with Crippen LogP contribution in [0.25, 0.3) is 0 Å². The molecule has 2 atom stereocenters. The summed E-state index contributed by atoms with van der Waals surface area (Å²) in [6.07, 6.45) is 19.2. The number of allylic oxidation sites excluding steroid dienone is 8. The number of benzene rings is 4. The van der Waals surface area contributed by atoms with Crippen LogP contribution in [0.15, 0.2) is 167 Å². The Morgan fingerprint density at radius 2 is 0.809 bits per heavy atom. The summed E-state index contributed by atoms with van der Waals surface area (Å²) in [6.45, 7) is 5.28. The first-order valence-electron chi connectivity index (χ1n) is 17.6. The van der Waals surface area contributed by atoms with E-state index in [-0.39, 0.29) is 7.92 Å². The van der Waals surface area contributed by atoms with Crippen LogP contribution in [-0.2, 0) is 0 Å². The van der Waals surface area contributed by atoms with Gasteiger partial charge in [-0.25, -0.2) is 0 Å². The van der Waals surface area contributed by atoms with E-state index in [1.807, 2.05) is 0 Å². The Bertz CT molecular complexity index is 1530. The van der Waals surface area contributed by atoms with Crippen molar-refractivity contribution in [3.05, 3.63) is 167 Å². The molecule has 3 heteroatoms. The fourth-order valence-electron chi connectivity index (χ4n) is 8.09. The molecule has 0 amide bonds. The molecule has 3 aliphatic carbocycles. The Hall–Kier alpha value is -2.87. The van der Waals surface area contributed by atoms with E-state index in [4.69, 9.17) is 0 Å². The third kappa shape index (κ3) is 7.13. The van der Waals surface area contributed by atoms with Crippen LogP contribution >= 0.6 is 23.8 Å². The molecule has 4 aromatic carbocycles. The topological polar surface area (TPSA) is 0 Å². The van der Waals surface area contributed by atoms with Crippen molar-refractivity contribution in [3.63, 3.8) is 0 Å². The first kappa shape index (κ1) is 32.7. The monoisotopic (exact) mass is 668 g/mol. The van der Waals surface area contributed by atoms with E-state index >= 15 is 0 Å². The molecule has 0 bridgehead atoms. The lowest BCUT2D eigenvalue weighted by Gasteiger charge is -2.42. The quantitative estimate of drug-likeness (QED) is 0.140. The van der Waals surface area contributed by atoms with Crippen LogP contribution in [0, 0.1) is 0 Å². The molecule has 0 radical (unpaired) electrons. The maximum atomic E-state index is 2.64. The Balaban J connectivity index is 1.32. The minimum atomic E-state index is -0.593. The van der Waals surface area contributed by atoms with Crippen LogP contribution < -0.4 is 21.2 Å². The predicted molar refractivity (Wildman–Crippen MR) is 212 cm³/mol. The molecule has 0 spiro atoms. The Morgan fingerprint density at radius 3 is 1.15 bits per heavy atom. The van der Waals surface area contributed by atoms with Crippen molar-refractivity contribution in [1.29, 1.82) is 0 Å². The SMILES string of the molecule is C[C@H](C1=C(P(c2ccccc2)c2ccccc2)C=CC1)P(C1CCCCC1)[C@H](C)C1=C(P(c2ccccc2)c2ccccc2)C=CC1. The van der Waals surface area contributed by atoms with Crippen LogP contribution in [0.4, 0.5) is 0 Å². The second-order valence-electron chi connectivity index (χ2n) is 13.1. The molecule has 0 heterocycles. The van der Waals surface area contributed by atoms with E-state index in [1.165, 1.54) is 53.3 Å². The van der Waals surface area contributed by atoms with E-state index < -0.39 is 15.8 Å². The lowest BCUT2D eigenvalue weighted by molar-refractivity contribution is 0.508. The zero-order valence-corrected chi connectivity index (χ0v) is 30.6. The van der Waals surface area contributed by atoms with Gasteiger partial charge in [-0.2, -0.15) is 0 Å². The summed E-state index contributed by atoms with van der Waals surface area (Å²) < 4.78 is 0. The number of hydrogen-bond acceptors (Lipinski definition) is 0. The summed E-state index contributed by atoms with van der Waals surface area (Å²) in [6, 6.07) is 45.4. The first-order chi connectivity index (χ1) is 23.2. The van der Waals surface area contributed by atoms with Crippen molar-refractivity contribution in [2.24, 2.45) is 0 Å². The van der Waals surface area contributed by atoms with E-state index in [0.717, 1.165) is 18.5 Å². The normalized spacial score (nSPS) is 18.2. The molecule has 1 saturated carbocycles. The second-order valence-corrected chi connectivity index (χ2v) is 20.7. The highest BCUT2D eigenvalue weighted by molar-refractivity contribution is 7.77. The maximum Gasteiger partial charge on any atom is -0.000726 e. The molecule has 0 aliphatic heterocycles. The Morgan fingerprint density at radius 1 is 0.468 bits per heavy atom. The van der Waals surface area contributed by atoms with E-state index in [1.54, 1.807) is 21.8 Å². The van der Waals surface area contributed by atoms with Crippen molar-refractivity contribution < 1.29 is 0 Å². The minimum Gasteiger partial charge on any atom is -0.0893 e. The van der Waals surface area contributed by atoms with Crippen LogP contribution in [0.2, 0.25) is 0 Å². The Kier molecular flexibility index (Phi) is 10.8. The summed E-state index contributed by atoms with van der Waals surface area (Å²) in [5.41, 5.74) is 5.49. The molecule has 1 fully saturated rings. The van der Waals surface area contributed by atoms with Crippen LogP contribution in [0.1, 0.15) is 58.8 Å². The minimum absolute atomic E-state index is 0.277. The van der Waals surface area contributed by atoms with E-state index in [2.05, 4.69) is 159 Å². The van der Waals surface area contributed by atoms with Crippen molar-refractivity contribution in [2.75, 3.05) is 0 Å². The van der Waals surface area contributed by atoms with Crippen molar-refractivity contribution in [2.45, 2.75) is 75.8 Å². The molecule has 0 saturated heterocycles. The third-order valence-corrected chi connectivity index (χ3v) is 19.2. The third-order valence-electron chi connectivity index (χ3n) is 10.3. The van der Waals surface area contributed by atoms with Crippen molar-refractivity contribution in [3.8, 4) is 0 Å². The average Bonchev–Trinajstić information content (AvgIpc) is 3.82. The standard InChI is InChI=1S/C44H47P3/c1-34(41-30-18-32-43(41)46(37-22-10-4-11-23-37)38-24-12-5-13-25-38)45(36-20-8-3-9-21-36)35(2)42-31-19-33-44(42)47(39-26-14-6-15-27-39)40-28-16-7-17-29-40/h4-7,10-19,22-29,32-36H,3,8-9,20-21,30-31H2,1-2H3/t34-,35-/m1/s1. The van der Waals surface area contributed by atoms with Gasteiger partial charge in [0.15, 0.2) is 0 Å². The van der Waals surface area contributed by atoms with Gasteiger partial charge in [-0.1, -0.05) is 198 Å². The molecule has 3 aliphatic rings. The molecule has 47 heavy (non-hydrogen) atoms. The molecular weight excluding hydrogens is 621 g/mol. The van der Waals surface area contributed by atoms with Crippen LogP contribution in [-0.4, -0.2) is 17.0 Å². The smallest absolute Gasteiger partial charge is 0.000726 e. The lowest BCUT2D eigenvalue weighted by Crippen LogP contribution is -2.26. The highest BCUT2D eigenvalue weighted by Gasteiger charge is 2.38. The highest BCUT2D eigenvalue weighted by Crippen LogP contribution is 2.64. The van der Waals surface area contributed by atoms with Crippen LogP contribution in [0.3, 0.4) is 0 Å². The van der Waals surface area contributed by atoms with Gasteiger partial charge in [0.25, 0.3) is 0 Å². The van der Waals surface area contributed by atoms with Gasteiger partial charge in [-0.15, -0.1) is 0 Å². The lowest BCUT2D eigenvalue weighted by atomic mass is 10.0. The van der Waals surface area contributed by atoms with Crippen LogP contribution in [0.5, 0.6) is 0 Å². The highest BCUT2D eigenvalue weighted by atomic mass is 31.1. The summed E-state index contributed by atoms with van der Waals surface area (Å²) in [5, 5.41) is 9.12. The molecule has 238 valence electrons. The first-order valence-corrected chi connectivity index (χ1v) is 21.8. The van der Waals surface area contributed by atoms with Gasteiger partial charge in [0.05, 0.1) is 0 Å². The van der Waals surface area contributed by atoms with Gasteiger partial charge in [0.1, 0.15) is 0 Å². The maximum absolute atomic E-state index is 2.64. The average molecular weight is 669 g/mol. The molecule has 0 aromatic heterocycles. The van der Waals surface area contributed by atoms with E-state index in [0.29, 0.717) is 11.3 Å². The molecule has 4 aromatic rings. The van der Waals surface area contributed by atoms with E-state index in [9.17, 15) is 0 Å². The molecule has 0 N–H and O–H groups in total. The fourth-order valence-corrected chi connectivity index (χ4v) is 17.6.